The molecule has 3 aromatic heterocycles. The summed E-state index contributed by atoms with van der Waals surface area (Å²) in [5.74, 6) is -0.235. The number of benzene rings is 1. The molecule has 2 unspecified atom stereocenters. The van der Waals surface area contributed by atoms with E-state index in [0.717, 1.165) is 32.8 Å². The molecule has 13 heteroatoms. The molecule has 1 fully saturated rings. The van der Waals surface area contributed by atoms with Gasteiger partial charge in [0.05, 0.1) is 34.4 Å². The van der Waals surface area contributed by atoms with Crippen LogP contribution in [0.1, 0.15) is 57.5 Å². The Morgan fingerprint density at radius 1 is 1.11 bits per heavy atom. The summed E-state index contributed by atoms with van der Waals surface area (Å²) < 4.78 is 7.40. The Bertz CT molecular complexity index is 1630. The average Bonchev–Trinajstić information content (AvgIpc) is 3.77. The highest BCUT2D eigenvalue weighted by atomic mass is 35.5. The third kappa shape index (κ3) is 7.75. The van der Waals surface area contributed by atoms with Gasteiger partial charge in [-0.2, -0.15) is 5.10 Å². The third-order valence-electron chi connectivity index (χ3n) is 8.13. The Labute approximate surface area is 279 Å². The van der Waals surface area contributed by atoms with Crippen molar-refractivity contribution in [2.45, 2.75) is 71.4 Å². The predicted octanol–water partition coefficient (Wildman–Crippen LogP) is 4.56. The molecule has 4 N–H and O–H groups in total. The molecule has 1 saturated heterocycles. The van der Waals surface area contributed by atoms with Crippen molar-refractivity contribution < 1.29 is 19.4 Å². The van der Waals surface area contributed by atoms with Crippen molar-refractivity contribution in [3.63, 3.8) is 0 Å². The molecule has 0 bridgehead atoms. The zero-order chi connectivity index (χ0) is 32.2. The fourth-order valence-corrected chi connectivity index (χ4v) is 6.43. The molecule has 4 aromatic rings. The van der Waals surface area contributed by atoms with Gasteiger partial charge in [-0.3, -0.25) is 14.3 Å². The first-order valence-electron chi connectivity index (χ1n) is 15.2. The van der Waals surface area contributed by atoms with E-state index in [9.17, 15) is 14.7 Å². The molecular formula is C33H42ClN7O4S. The van der Waals surface area contributed by atoms with E-state index in [-0.39, 0.29) is 55.3 Å². The molecule has 0 aliphatic carbocycles. The van der Waals surface area contributed by atoms with Crippen LogP contribution in [0.2, 0.25) is 0 Å². The van der Waals surface area contributed by atoms with Crippen LogP contribution in [0.3, 0.4) is 0 Å². The van der Waals surface area contributed by atoms with Gasteiger partial charge in [-0.25, -0.2) is 9.97 Å². The number of halogens is 1. The number of aliphatic hydroxyl groups is 1. The van der Waals surface area contributed by atoms with E-state index >= 15 is 0 Å². The van der Waals surface area contributed by atoms with Gasteiger partial charge < -0.3 is 25.8 Å². The topological polar surface area (TPSA) is 148 Å². The largest absolute Gasteiger partial charge is 0.473 e. The number of likely N-dealkylation sites (tertiary alicyclic amines) is 1. The highest BCUT2D eigenvalue weighted by Crippen LogP contribution is 2.31. The fraction of sp³-hybridized carbons (Fsp3) is 0.424. The summed E-state index contributed by atoms with van der Waals surface area (Å²) in [7, 11) is 0. The molecule has 2 amide bonds. The van der Waals surface area contributed by atoms with E-state index in [1.54, 1.807) is 28.4 Å². The van der Waals surface area contributed by atoms with Crippen molar-refractivity contribution >= 4 is 35.6 Å². The van der Waals surface area contributed by atoms with Crippen LogP contribution in [0, 0.1) is 12.8 Å². The molecule has 11 nitrogen and oxygen atoms in total. The van der Waals surface area contributed by atoms with Crippen LogP contribution in [0.25, 0.3) is 21.6 Å². The van der Waals surface area contributed by atoms with Gasteiger partial charge in [0.2, 0.25) is 17.7 Å². The number of rotatable bonds is 11. The van der Waals surface area contributed by atoms with Crippen molar-refractivity contribution in [3.8, 4) is 27.4 Å². The third-order valence-corrected chi connectivity index (χ3v) is 9.11. The molecule has 4 heterocycles. The fourth-order valence-electron chi connectivity index (χ4n) is 5.62. The number of nitrogens with two attached hydrogens (primary N) is 1. The van der Waals surface area contributed by atoms with E-state index in [2.05, 4.69) is 20.4 Å². The lowest BCUT2D eigenvalue weighted by Crippen LogP contribution is -2.49. The highest BCUT2D eigenvalue weighted by Gasteiger charge is 2.42. The highest BCUT2D eigenvalue weighted by molar-refractivity contribution is 7.13. The second-order valence-electron chi connectivity index (χ2n) is 12.0. The first-order valence-corrected chi connectivity index (χ1v) is 16.1. The van der Waals surface area contributed by atoms with Gasteiger partial charge >= 0.3 is 0 Å². The van der Waals surface area contributed by atoms with Gasteiger partial charge in [-0.1, -0.05) is 38.1 Å². The molecule has 0 saturated carbocycles. The lowest BCUT2D eigenvalue weighted by atomic mass is 10.0. The summed E-state index contributed by atoms with van der Waals surface area (Å²) >= 11 is 1.59. The number of thiazole rings is 1. The maximum Gasteiger partial charge on any atom is 0.248 e. The number of aryl methyl sites for hydroxylation is 1. The first kappa shape index (κ1) is 35.0. The summed E-state index contributed by atoms with van der Waals surface area (Å²) in [5, 5.41) is 18.2. The van der Waals surface area contributed by atoms with Gasteiger partial charge in [0, 0.05) is 43.5 Å². The number of nitrogens with zero attached hydrogens (tertiary/aromatic N) is 5. The van der Waals surface area contributed by atoms with E-state index in [4.69, 9.17) is 10.5 Å². The molecule has 5 atom stereocenters. The molecule has 46 heavy (non-hydrogen) atoms. The Kier molecular flexibility index (Phi) is 11.5. The van der Waals surface area contributed by atoms with Crippen molar-refractivity contribution in [2.75, 3.05) is 13.1 Å². The van der Waals surface area contributed by atoms with E-state index in [0.29, 0.717) is 12.4 Å². The summed E-state index contributed by atoms with van der Waals surface area (Å²) in [6.45, 7) is 10.1. The van der Waals surface area contributed by atoms with Crippen LogP contribution in [-0.4, -0.2) is 72.9 Å². The monoisotopic (exact) mass is 667 g/mol. The van der Waals surface area contributed by atoms with Gasteiger partial charge in [-0.05, 0) is 49.4 Å². The normalized spacial score (nSPS) is 18.1. The summed E-state index contributed by atoms with van der Waals surface area (Å²) in [6, 6.07) is 9.94. The van der Waals surface area contributed by atoms with Crippen LogP contribution < -0.4 is 15.8 Å². The minimum absolute atomic E-state index is 0. The van der Waals surface area contributed by atoms with E-state index < -0.39 is 18.2 Å². The molecular weight excluding hydrogens is 626 g/mol. The Hall–Kier alpha value is -3.84. The van der Waals surface area contributed by atoms with Gasteiger partial charge in [0.25, 0.3) is 0 Å². The van der Waals surface area contributed by atoms with Crippen molar-refractivity contribution in [2.24, 2.45) is 11.7 Å². The smallest absolute Gasteiger partial charge is 0.248 e. The minimum atomic E-state index is -0.797. The Balaban J connectivity index is 0.00000480. The Morgan fingerprint density at radius 3 is 2.50 bits per heavy atom. The number of ether oxygens (including phenoxy) is 1. The number of nitrogens with one attached hydrogen (secondary N) is 1. The van der Waals surface area contributed by atoms with Crippen LogP contribution in [0.15, 0.2) is 60.5 Å². The second kappa shape index (κ2) is 15.2. The number of aliphatic hydroxyl groups excluding tert-OH is 1. The number of β-amino-alcohol motifs (C(OH)–C–C–N with tert-alkyl or cyclic N) is 1. The standard InChI is InChI=1S/C33H41N7O4S.ClH/c1-19(2)30(40-16-26(15-37-40)25-10-11-35-29(12-25)44-20(3)14-34)33(43)39-17-27(41)13-28(39)32(42)38-21(4)23-6-8-24(9-7-23)31-22(5)36-18-45-31;/h6-12,15-16,18-21,27-28,30,41H,13-14,17,34H2,1-5H3,(H,38,42);1H/t20?,21-,27+,28-,30?;/m0./s1. The summed E-state index contributed by atoms with van der Waals surface area (Å²) in [4.78, 5) is 38.8. The molecule has 1 aromatic carbocycles. The maximum atomic E-state index is 14.1. The number of pyridine rings is 1. The Morgan fingerprint density at radius 2 is 1.85 bits per heavy atom. The van der Waals surface area contributed by atoms with Crippen LogP contribution in [-0.2, 0) is 9.59 Å². The quantitative estimate of drug-likeness (QED) is 0.211. The first-order chi connectivity index (χ1) is 21.5. The number of hydrogen-bond donors (Lipinski definition) is 3. The lowest BCUT2D eigenvalue weighted by molar-refractivity contribution is -0.142. The number of carbonyl (C=O) groups excluding carboxylic acids is 2. The zero-order valence-corrected chi connectivity index (χ0v) is 28.3. The lowest BCUT2D eigenvalue weighted by Gasteiger charge is -2.30. The zero-order valence-electron chi connectivity index (χ0n) is 26.7. The van der Waals surface area contributed by atoms with Gasteiger partial charge in [-0.15, -0.1) is 23.7 Å². The number of hydrogen-bond acceptors (Lipinski definition) is 9. The molecule has 0 radical (unpaired) electrons. The molecule has 1 aliphatic rings. The molecule has 1 aliphatic heterocycles. The summed E-state index contributed by atoms with van der Waals surface area (Å²) in [5.41, 5.74) is 12.1. The summed E-state index contributed by atoms with van der Waals surface area (Å²) in [6.07, 6.45) is 4.36. The van der Waals surface area contributed by atoms with Crippen LogP contribution in [0.4, 0.5) is 0 Å². The maximum absolute atomic E-state index is 14.1. The number of amides is 2. The second-order valence-corrected chi connectivity index (χ2v) is 12.8. The minimum Gasteiger partial charge on any atom is -0.473 e. The number of carbonyl (C=O) groups is 2. The van der Waals surface area contributed by atoms with Crippen molar-refractivity contribution in [1.29, 1.82) is 0 Å². The van der Waals surface area contributed by atoms with E-state index in [1.165, 1.54) is 4.90 Å². The molecule has 0 spiro atoms. The SMILES string of the molecule is Cc1ncsc1-c1ccc([C@H](C)NC(=O)[C@@H]2C[C@@H](O)CN2C(=O)C(C(C)C)n2cc(-c3ccnc(OC(C)CN)c3)cn2)cc1.Cl. The van der Waals surface area contributed by atoms with E-state index in [1.807, 2.05) is 82.7 Å². The molecule has 246 valence electrons. The van der Waals surface area contributed by atoms with Crippen molar-refractivity contribution in [3.05, 3.63) is 71.8 Å². The van der Waals surface area contributed by atoms with Gasteiger partial charge in [0.1, 0.15) is 18.2 Å². The van der Waals surface area contributed by atoms with Crippen LogP contribution >= 0.6 is 23.7 Å². The average molecular weight is 668 g/mol. The number of aromatic nitrogens is 4. The van der Waals surface area contributed by atoms with Crippen molar-refractivity contribution in [1.82, 2.24) is 30.0 Å². The van der Waals surface area contributed by atoms with Crippen LogP contribution in [0.5, 0.6) is 5.88 Å². The predicted molar refractivity (Wildman–Crippen MR) is 181 cm³/mol. The molecule has 5 rings (SSSR count). The van der Waals surface area contributed by atoms with Gasteiger partial charge in [0.15, 0.2) is 0 Å².